The molecule has 1 aromatic heterocycles. The van der Waals surface area contributed by atoms with Gasteiger partial charge in [0.05, 0.1) is 17.8 Å². The molecule has 0 fully saturated rings. The lowest BCUT2D eigenvalue weighted by Gasteiger charge is -2.06. The molecule has 3 rings (SSSR count). The smallest absolute Gasteiger partial charge is 0.220 e. The molecule has 4 nitrogen and oxygen atoms in total. The first-order valence-corrected chi connectivity index (χ1v) is 7.60. The second-order valence-electron chi connectivity index (χ2n) is 5.44. The average molecular weight is 306 g/mol. The van der Waals surface area contributed by atoms with Crippen LogP contribution in [0.25, 0.3) is 10.9 Å². The summed E-state index contributed by atoms with van der Waals surface area (Å²) in [5, 5.41) is 13.2. The summed E-state index contributed by atoms with van der Waals surface area (Å²) in [4.78, 5) is 16.5. The van der Waals surface area contributed by atoms with E-state index in [2.05, 4.69) is 10.3 Å². The number of carbonyl (C=O) groups excluding carboxylic acids is 1. The van der Waals surface area contributed by atoms with E-state index in [0.29, 0.717) is 19.4 Å². The first-order chi connectivity index (χ1) is 11.2. The van der Waals surface area contributed by atoms with Gasteiger partial charge in [-0.05, 0) is 36.2 Å². The first kappa shape index (κ1) is 15.0. The van der Waals surface area contributed by atoms with E-state index in [4.69, 9.17) is 0 Å². The third kappa shape index (κ3) is 4.07. The van der Waals surface area contributed by atoms with Crippen LogP contribution in [0.4, 0.5) is 0 Å². The number of aromatic nitrogens is 1. The zero-order chi connectivity index (χ0) is 16.1. The number of hydrogen-bond donors (Lipinski definition) is 2. The predicted octanol–water partition coefficient (Wildman–Crippen LogP) is 3.19. The van der Waals surface area contributed by atoms with E-state index in [1.807, 2.05) is 48.5 Å². The number of para-hydroxylation sites is 1. The van der Waals surface area contributed by atoms with E-state index in [9.17, 15) is 9.90 Å². The molecule has 0 aliphatic rings. The normalized spacial score (nSPS) is 10.6. The largest absolute Gasteiger partial charge is 0.508 e. The van der Waals surface area contributed by atoms with Crippen molar-refractivity contribution in [1.82, 2.24) is 10.3 Å². The maximum Gasteiger partial charge on any atom is 0.220 e. The van der Waals surface area contributed by atoms with Gasteiger partial charge in [0, 0.05) is 11.8 Å². The average Bonchev–Trinajstić information content (AvgIpc) is 2.59. The van der Waals surface area contributed by atoms with Gasteiger partial charge in [-0.25, -0.2) is 0 Å². The molecule has 0 aliphatic heterocycles. The summed E-state index contributed by atoms with van der Waals surface area (Å²) in [6.07, 6.45) is 1.07. The summed E-state index contributed by atoms with van der Waals surface area (Å²) in [7, 11) is 0. The number of fused-ring (bicyclic) bond motifs is 1. The van der Waals surface area contributed by atoms with Gasteiger partial charge in [0.15, 0.2) is 0 Å². The number of aryl methyl sites for hydroxylation is 1. The molecule has 116 valence electrons. The highest BCUT2D eigenvalue weighted by atomic mass is 16.3. The number of pyridine rings is 1. The zero-order valence-corrected chi connectivity index (χ0v) is 12.7. The Balaban J connectivity index is 1.52. The number of rotatable bonds is 5. The van der Waals surface area contributed by atoms with Crippen LogP contribution in [0.2, 0.25) is 0 Å². The Morgan fingerprint density at radius 3 is 2.61 bits per heavy atom. The Kier molecular flexibility index (Phi) is 4.52. The molecule has 0 aliphatic carbocycles. The van der Waals surface area contributed by atoms with Crippen LogP contribution >= 0.6 is 0 Å². The lowest BCUT2D eigenvalue weighted by molar-refractivity contribution is -0.121. The third-order valence-electron chi connectivity index (χ3n) is 3.70. The Hall–Kier alpha value is -2.88. The van der Waals surface area contributed by atoms with Gasteiger partial charge < -0.3 is 10.4 Å². The Morgan fingerprint density at radius 1 is 1.00 bits per heavy atom. The summed E-state index contributed by atoms with van der Waals surface area (Å²) < 4.78 is 0. The van der Waals surface area contributed by atoms with Crippen LogP contribution in [0, 0.1) is 0 Å². The molecular formula is C19H18N2O2. The van der Waals surface area contributed by atoms with Crippen molar-refractivity contribution in [1.29, 1.82) is 0 Å². The number of phenolic OH excluding ortho intramolecular Hbond substituents is 1. The van der Waals surface area contributed by atoms with Crippen LogP contribution in [0.15, 0.2) is 60.7 Å². The fraction of sp³-hybridized carbons (Fsp3) is 0.158. The molecule has 0 bridgehead atoms. The van der Waals surface area contributed by atoms with Crippen LogP contribution in [0.1, 0.15) is 17.7 Å². The predicted molar refractivity (Wildman–Crippen MR) is 90.0 cm³/mol. The van der Waals surface area contributed by atoms with E-state index in [0.717, 1.165) is 22.2 Å². The fourth-order valence-electron chi connectivity index (χ4n) is 2.40. The molecule has 3 aromatic rings. The summed E-state index contributed by atoms with van der Waals surface area (Å²) in [5.41, 5.74) is 2.81. The minimum atomic E-state index is -0.00645. The molecule has 0 saturated heterocycles. The highest BCUT2D eigenvalue weighted by Crippen LogP contribution is 2.12. The van der Waals surface area contributed by atoms with Crippen molar-refractivity contribution in [2.24, 2.45) is 0 Å². The second-order valence-corrected chi connectivity index (χ2v) is 5.44. The summed E-state index contributed by atoms with van der Waals surface area (Å²) in [5.74, 6) is 0.230. The SMILES string of the molecule is O=C(CCc1ccc(O)cc1)NCc1ccc2ccccc2n1. The van der Waals surface area contributed by atoms with Crippen molar-refractivity contribution in [2.75, 3.05) is 0 Å². The van der Waals surface area contributed by atoms with Crippen molar-refractivity contribution in [3.05, 3.63) is 71.9 Å². The Labute approximate surface area is 134 Å². The van der Waals surface area contributed by atoms with Gasteiger partial charge in [0.25, 0.3) is 0 Å². The van der Waals surface area contributed by atoms with Gasteiger partial charge in [-0.1, -0.05) is 36.4 Å². The summed E-state index contributed by atoms with van der Waals surface area (Å²) in [6, 6.07) is 18.8. The molecule has 0 saturated carbocycles. The molecule has 1 heterocycles. The monoisotopic (exact) mass is 306 g/mol. The van der Waals surface area contributed by atoms with Gasteiger partial charge in [0.1, 0.15) is 5.75 Å². The summed E-state index contributed by atoms with van der Waals surface area (Å²) >= 11 is 0. The maximum atomic E-state index is 11.9. The van der Waals surface area contributed by atoms with Crippen molar-refractivity contribution in [3.63, 3.8) is 0 Å². The number of phenols is 1. The standard InChI is InChI=1S/C19H18N2O2/c22-17-10-5-14(6-11-17)7-12-19(23)20-13-16-9-8-15-3-1-2-4-18(15)21-16/h1-6,8-11,22H,7,12-13H2,(H,20,23). The molecule has 2 aromatic carbocycles. The number of hydrogen-bond acceptors (Lipinski definition) is 3. The molecule has 23 heavy (non-hydrogen) atoms. The molecule has 4 heteroatoms. The van der Waals surface area contributed by atoms with E-state index >= 15 is 0 Å². The minimum Gasteiger partial charge on any atom is -0.508 e. The molecule has 0 radical (unpaired) electrons. The highest BCUT2D eigenvalue weighted by molar-refractivity contribution is 5.79. The lowest BCUT2D eigenvalue weighted by Crippen LogP contribution is -2.23. The van der Waals surface area contributed by atoms with E-state index in [-0.39, 0.29) is 11.7 Å². The van der Waals surface area contributed by atoms with Crippen molar-refractivity contribution in [3.8, 4) is 5.75 Å². The Bertz CT molecular complexity index is 813. The highest BCUT2D eigenvalue weighted by Gasteiger charge is 2.04. The van der Waals surface area contributed by atoms with E-state index in [1.54, 1.807) is 12.1 Å². The fourth-order valence-corrected chi connectivity index (χ4v) is 2.40. The maximum absolute atomic E-state index is 11.9. The molecule has 0 spiro atoms. The second kappa shape index (κ2) is 6.92. The molecule has 1 amide bonds. The number of carbonyl (C=O) groups is 1. The van der Waals surface area contributed by atoms with Gasteiger partial charge >= 0.3 is 0 Å². The quantitative estimate of drug-likeness (QED) is 0.761. The van der Waals surface area contributed by atoms with Crippen molar-refractivity contribution < 1.29 is 9.90 Å². The van der Waals surface area contributed by atoms with Crippen LogP contribution in [-0.2, 0) is 17.8 Å². The zero-order valence-electron chi connectivity index (χ0n) is 12.7. The van der Waals surface area contributed by atoms with Gasteiger partial charge in [-0.3, -0.25) is 9.78 Å². The molecule has 2 N–H and O–H groups in total. The van der Waals surface area contributed by atoms with Gasteiger partial charge in [-0.2, -0.15) is 0 Å². The van der Waals surface area contributed by atoms with Crippen LogP contribution < -0.4 is 5.32 Å². The van der Waals surface area contributed by atoms with Crippen LogP contribution in [0.5, 0.6) is 5.75 Å². The lowest BCUT2D eigenvalue weighted by atomic mass is 10.1. The topological polar surface area (TPSA) is 62.2 Å². The van der Waals surface area contributed by atoms with Crippen molar-refractivity contribution in [2.45, 2.75) is 19.4 Å². The van der Waals surface area contributed by atoms with E-state index in [1.165, 1.54) is 0 Å². The number of aromatic hydroxyl groups is 1. The number of benzene rings is 2. The van der Waals surface area contributed by atoms with Gasteiger partial charge in [0.2, 0.25) is 5.91 Å². The first-order valence-electron chi connectivity index (χ1n) is 7.60. The minimum absolute atomic E-state index is 0.00645. The van der Waals surface area contributed by atoms with Gasteiger partial charge in [-0.15, -0.1) is 0 Å². The Morgan fingerprint density at radius 2 is 1.78 bits per heavy atom. The van der Waals surface area contributed by atoms with Crippen molar-refractivity contribution >= 4 is 16.8 Å². The molecule has 0 atom stereocenters. The number of amides is 1. The van der Waals surface area contributed by atoms with Crippen LogP contribution in [0.3, 0.4) is 0 Å². The van der Waals surface area contributed by atoms with Crippen LogP contribution in [-0.4, -0.2) is 16.0 Å². The molecule has 0 unspecified atom stereocenters. The molecular weight excluding hydrogens is 288 g/mol. The number of nitrogens with one attached hydrogen (secondary N) is 1. The van der Waals surface area contributed by atoms with E-state index < -0.39 is 0 Å². The number of nitrogens with zero attached hydrogens (tertiary/aromatic N) is 1. The summed E-state index contributed by atoms with van der Waals surface area (Å²) in [6.45, 7) is 0.430. The third-order valence-corrected chi connectivity index (χ3v) is 3.70.